The van der Waals surface area contributed by atoms with Crippen molar-refractivity contribution in [2.75, 3.05) is 33.1 Å². The Bertz CT molecular complexity index is 435. The van der Waals surface area contributed by atoms with Crippen molar-refractivity contribution in [3.63, 3.8) is 0 Å². The van der Waals surface area contributed by atoms with Gasteiger partial charge in [-0.25, -0.2) is 0 Å². The lowest BCUT2D eigenvalue weighted by Crippen LogP contribution is -2.41. The summed E-state index contributed by atoms with van der Waals surface area (Å²) in [6.07, 6.45) is 0. The normalized spacial score (nSPS) is 12.0. The van der Waals surface area contributed by atoms with Gasteiger partial charge in [0.05, 0.1) is 25.3 Å². The molecule has 1 unspecified atom stereocenters. The fourth-order valence-electron chi connectivity index (χ4n) is 1.99. The van der Waals surface area contributed by atoms with Crippen LogP contribution in [-0.2, 0) is 4.74 Å². The molecule has 0 aliphatic carbocycles. The number of methoxy groups -OCH3 is 2. The number of carbonyl (C=O) groups is 1. The molecule has 1 rings (SSSR count). The van der Waals surface area contributed by atoms with Crippen LogP contribution in [0.25, 0.3) is 0 Å². The molecule has 0 radical (unpaired) electrons. The van der Waals surface area contributed by atoms with Crippen molar-refractivity contribution < 1.29 is 14.3 Å². The molecular formula is C14H22N2O3. The van der Waals surface area contributed by atoms with Gasteiger partial charge in [-0.05, 0) is 32.0 Å². The van der Waals surface area contributed by atoms with E-state index in [4.69, 9.17) is 15.2 Å². The van der Waals surface area contributed by atoms with Gasteiger partial charge in [0.25, 0.3) is 5.91 Å². The molecule has 0 fully saturated rings. The number of amides is 1. The third-order valence-electron chi connectivity index (χ3n) is 3.03. The summed E-state index contributed by atoms with van der Waals surface area (Å²) in [5.41, 5.74) is 6.79. The number of nitrogens with zero attached hydrogens (tertiary/aromatic N) is 1. The standard InChI is InChI=1S/C14H22N2O3/c1-5-16(10(2)9-18-3)14(17)12-8-11(19-4)6-7-13(12)15/h6-8,10H,5,9,15H2,1-4H3. The van der Waals surface area contributed by atoms with Gasteiger partial charge in [-0.2, -0.15) is 0 Å². The van der Waals surface area contributed by atoms with Gasteiger partial charge < -0.3 is 20.1 Å². The number of anilines is 1. The predicted molar refractivity (Wildman–Crippen MR) is 75.5 cm³/mol. The summed E-state index contributed by atoms with van der Waals surface area (Å²) >= 11 is 0. The summed E-state index contributed by atoms with van der Waals surface area (Å²) in [5, 5.41) is 0. The lowest BCUT2D eigenvalue weighted by atomic mass is 10.1. The molecule has 5 heteroatoms. The van der Waals surface area contributed by atoms with Crippen LogP contribution in [0.4, 0.5) is 5.69 Å². The van der Waals surface area contributed by atoms with E-state index in [1.807, 2.05) is 13.8 Å². The van der Waals surface area contributed by atoms with Gasteiger partial charge in [0.15, 0.2) is 0 Å². The minimum Gasteiger partial charge on any atom is -0.497 e. The summed E-state index contributed by atoms with van der Waals surface area (Å²) in [4.78, 5) is 14.2. The van der Waals surface area contributed by atoms with Crippen LogP contribution in [0.15, 0.2) is 18.2 Å². The molecule has 0 spiro atoms. The molecule has 0 aromatic heterocycles. The van der Waals surface area contributed by atoms with Crippen LogP contribution < -0.4 is 10.5 Å². The van der Waals surface area contributed by atoms with E-state index in [0.29, 0.717) is 30.2 Å². The third-order valence-corrected chi connectivity index (χ3v) is 3.03. The van der Waals surface area contributed by atoms with Gasteiger partial charge in [-0.15, -0.1) is 0 Å². The molecule has 0 heterocycles. The molecule has 0 saturated carbocycles. The van der Waals surface area contributed by atoms with Gasteiger partial charge in [0.2, 0.25) is 0 Å². The lowest BCUT2D eigenvalue weighted by Gasteiger charge is -2.28. The maximum atomic E-state index is 12.5. The summed E-state index contributed by atoms with van der Waals surface area (Å²) in [7, 11) is 3.18. The zero-order chi connectivity index (χ0) is 14.4. The van der Waals surface area contributed by atoms with Crippen LogP contribution in [0.1, 0.15) is 24.2 Å². The highest BCUT2D eigenvalue weighted by Gasteiger charge is 2.22. The van der Waals surface area contributed by atoms with Crippen molar-refractivity contribution in [1.82, 2.24) is 4.90 Å². The number of nitrogens with two attached hydrogens (primary N) is 1. The quantitative estimate of drug-likeness (QED) is 0.797. The highest BCUT2D eigenvalue weighted by atomic mass is 16.5. The van der Waals surface area contributed by atoms with Crippen molar-refractivity contribution in [1.29, 1.82) is 0 Å². The first kappa shape index (κ1) is 15.3. The number of hydrogen-bond acceptors (Lipinski definition) is 4. The van der Waals surface area contributed by atoms with Crippen molar-refractivity contribution in [2.45, 2.75) is 19.9 Å². The molecule has 0 aliphatic rings. The number of rotatable bonds is 6. The summed E-state index contributed by atoms with van der Waals surface area (Å²) in [5.74, 6) is 0.511. The molecular weight excluding hydrogens is 244 g/mol. The first-order chi connectivity index (χ1) is 9.04. The average Bonchev–Trinajstić information content (AvgIpc) is 2.40. The summed E-state index contributed by atoms with van der Waals surface area (Å²) in [6, 6.07) is 5.08. The van der Waals surface area contributed by atoms with Crippen LogP contribution in [0.3, 0.4) is 0 Å². The van der Waals surface area contributed by atoms with Crippen molar-refractivity contribution in [3.05, 3.63) is 23.8 Å². The molecule has 0 aliphatic heterocycles. The molecule has 1 amide bonds. The summed E-state index contributed by atoms with van der Waals surface area (Å²) in [6.45, 7) is 4.96. The second kappa shape index (κ2) is 6.99. The van der Waals surface area contributed by atoms with E-state index in [-0.39, 0.29) is 11.9 Å². The number of likely N-dealkylation sites (N-methyl/N-ethyl adjacent to an activating group) is 1. The van der Waals surface area contributed by atoms with Gasteiger partial charge in [0, 0.05) is 19.3 Å². The molecule has 19 heavy (non-hydrogen) atoms. The molecule has 1 atom stereocenters. The minimum absolute atomic E-state index is 0.00639. The molecule has 106 valence electrons. The van der Waals surface area contributed by atoms with Crippen molar-refractivity contribution in [2.24, 2.45) is 0 Å². The third kappa shape index (κ3) is 3.61. The molecule has 2 N–H and O–H groups in total. The Morgan fingerprint density at radius 3 is 2.63 bits per heavy atom. The first-order valence-electron chi connectivity index (χ1n) is 6.28. The number of benzene rings is 1. The molecule has 0 bridgehead atoms. The van der Waals surface area contributed by atoms with Crippen molar-refractivity contribution in [3.8, 4) is 5.75 Å². The Hall–Kier alpha value is -1.75. The van der Waals surface area contributed by atoms with E-state index < -0.39 is 0 Å². The fraction of sp³-hybridized carbons (Fsp3) is 0.500. The van der Waals surface area contributed by atoms with Crippen molar-refractivity contribution >= 4 is 11.6 Å². The average molecular weight is 266 g/mol. The van der Waals surface area contributed by atoms with Gasteiger partial charge >= 0.3 is 0 Å². The Morgan fingerprint density at radius 2 is 2.11 bits per heavy atom. The Kier molecular flexibility index (Phi) is 5.63. The second-order valence-corrected chi connectivity index (χ2v) is 4.35. The fourth-order valence-corrected chi connectivity index (χ4v) is 1.99. The van der Waals surface area contributed by atoms with Crippen LogP contribution >= 0.6 is 0 Å². The highest BCUT2D eigenvalue weighted by Crippen LogP contribution is 2.21. The topological polar surface area (TPSA) is 64.8 Å². The number of ether oxygens (including phenoxy) is 2. The van der Waals surface area contributed by atoms with E-state index in [0.717, 1.165) is 0 Å². The smallest absolute Gasteiger partial charge is 0.256 e. The van der Waals surface area contributed by atoms with Gasteiger partial charge in [-0.1, -0.05) is 0 Å². The van der Waals surface area contributed by atoms with E-state index in [9.17, 15) is 4.79 Å². The predicted octanol–water partition coefficient (Wildman–Crippen LogP) is 1.77. The van der Waals surface area contributed by atoms with Crippen LogP contribution in [0.2, 0.25) is 0 Å². The maximum Gasteiger partial charge on any atom is 0.256 e. The number of nitrogen functional groups attached to an aromatic ring is 1. The van der Waals surface area contributed by atoms with E-state index in [1.165, 1.54) is 0 Å². The van der Waals surface area contributed by atoms with E-state index >= 15 is 0 Å². The maximum absolute atomic E-state index is 12.5. The molecule has 5 nitrogen and oxygen atoms in total. The van der Waals surface area contributed by atoms with E-state index in [1.54, 1.807) is 37.3 Å². The second-order valence-electron chi connectivity index (χ2n) is 4.35. The largest absolute Gasteiger partial charge is 0.497 e. The van der Waals surface area contributed by atoms with Gasteiger partial charge in [0.1, 0.15) is 5.75 Å². The Balaban J connectivity index is 3.03. The summed E-state index contributed by atoms with van der Waals surface area (Å²) < 4.78 is 10.2. The Labute approximate surface area is 114 Å². The molecule has 0 saturated heterocycles. The lowest BCUT2D eigenvalue weighted by molar-refractivity contribution is 0.0580. The zero-order valence-corrected chi connectivity index (χ0v) is 12.0. The highest BCUT2D eigenvalue weighted by molar-refractivity contribution is 5.99. The minimum atomic E-state index is -0.108. The van der Waals surface area contributed by atoms with Crippen LogP contribution in [0, 0.1) is 0 Å². The van der Waals surface area contributed by atoms with Crippen LogP contribution in [-0.4, -0.2) is 44.2 Å². The number of hydrogen-bond donors (Lipinski definition) is 1. The first-order valence-corrected chi connectivity index (χ1v) is 6.28. The van der Waals surface area contributed by atoms with Gasteiger partial charge in [-0.3, -0.25) is 4.79 Å². The zero-order valence-electron chi connectivity index (χ0n) is 12.0. The SMILES string of the molecule is CCN(C(=O)c1cc(OC)ccc1N)C(C)COC. The van der Waals surface area contributed by atoms with E-state index in [2.05, 4.69) is 0 Å². The Morgan fingerprint density at radius 1 is 1.42 bits per heavy atom. The monoisotopic (exact) mass is 266 g/mol. The van der Waals surface area contributed by atoms with Crippen LogP contribution in [0.5, 0.6) is 5.75 Å². The number of carbonyl (C=O) groups excluding carboxylic acids is 1. The molecule has 1 aromatic rings. The molecule has 1 aromatic carbocycles.